The molecule has 0 radical (unpaired) electrons. The van der Waals surface area contributed by atoms with Gasteiger partial charge in [0.15, 0.2) is 11.6 Å². The van der Waals surface area contributed by atoms with Crippen LogP contribution in [0.25, 0.3) is 0 Å². The van der Waals surface area contributed by atoms with E-state index in [9.17, 15) is 9.18 Å². The van der Waals surface area contributed by atoms with Crippen molar-refractivity contribution in [3.63, 3.8) is 0 Å². The summed E-state index contributed by atoms with van der Waals surface area (Å²) in [6, 6.07) is 5.91. The van der Waals surface area contributed by atoms with Crippen molar-refractivity contribution in [2.75, 3.05) is 6.61 Å². The third-order valence-corrected chi connectivity index (χ3v) is 2.00. The number of aliphatic carboxylic acids is 1. The maximum atomic E-state index is 13.1. The molecule has 0 atom stereocenters. The number of rotatable bonds is 4. The first kappa shape index (κ1) is 11.5. The van der Waals surface area contributed by atoms with Gasteiger partial charge in [0.2, 0.25) is 0 Å². The van der Waals surface area contributed by atoms with Crippen LogP contribution in [0.3, 0.4) is 0 Å². The van der Waals surface area contributed by atoms with E-state index in [1.807, 2.05) is 0 Å². The van der Waals surface area contributed by atoms with Crippen molar-refractivity contribution in [2.45, 2.75) is 13.8 Å². The summed E-state index contributed by atoms with van der Waals surface area (Å²) < 4.78 is 18.2. The lowest BCUT2D eigenvalue weighted by Gasteiger charge is -2.19. The SMILES string of the molecule is CC(C)(COc1ccccc1F)C(=O)O. The standard InChI is InChI=1S/C11H13FO3/c1-11(2,10(13)14)7-15-9-6-4-3-5-8(9)12/h3-6H,7H2,1-2H3,(H,13,14). The minimum absolute atomic E-state index is 0.0662. The van der Waals surface area contributed by atoms with Gasteiger partial charge in [-0.1, -0.05) is 12.1 Å². The monoisotopic (exact) mass is 212 g/mol. The molecule has 1 aromatic carbocycles. The van der Waals surface area contributed by atoms with Gasteiger partial charge >= 0.3 is 5.97 Å². The van der Waals surface area contributed by atoms with Crippen LogP contribution in [-0.2, 0) is 4.79 Å². The van der Waals surface area contributed by atoms with Crippen molar-refractivity contribution in [2.24, 2.45) is 5.41 Å². The number of halogens is 1. The summed E-state index contributed by atoms with van der Waals surface area (Å²) in [5, 5.41) is 8.81. The summed E-state index contributed by atoms with van der Waals surface area (Å²) >= 11 is 0. The van der Waals surface area contributed by atoms with E-state index in [1.54, 1.807) is 12.1 Å². The number of hydrogen-bond donors (Lipinski definition) is 1. The van der Waals surface area contributed by atoms with Gasteiger partial charge in [-0.15, -0.1) is 0 Å². The predicted octanol–water partition coefficient (Wildman–Crippen LogP) is 2.32. The fraction of sp³-hybridized carbons (Fsp3) is 0.364. The van der Waals surface area contributed by atoms with E-state index in [-0.39, 0.29) is 12.4 Å². The van der Waals surface area contributed by atoms with Crippen LogP contribution in [0.15, 0.2) is 24.3 Å². The Morgan fingerprint density at radius 2 is 2.07 bits per heavy atom. The number of benzene rings is 1. The highest BCUT2D eigenvalue weighted by atomic mass is 19.1. The molecule has 3 nitrogen and oxygen atoms in total. The Labute approximate surface area is 87.5 Å². The van der Waals surface area contributed by atoms with Crippen molar-refractivity contribution in [3.05, 3.63) is 30.1 Å². The van der Waals surface area contributed by atoms with E-state index < -0.39 is 17.2 Å². The fourth-order valence-corrected chi connectivity index (χ4v) is 0.882. The third kappa shape index (κ3) is 2.94. The molecule has 1 N–H and O–H groups in total. The van der Waals surface area contributed by atoms with E-state index >= 15 is 0 Å². The molecule has 1 aromatic rings. The van der Waals surface area contributed by atoms with Gasteiger partial charge in [-0.3, -0.25) is 4.79 Å². The quantitative estimate of drug-likeness (QED) is 0.833. The first-order chi connectivity index (χ1) is 6.93. The highest BCUT2D eigenvalue weighted by molar-refractivity contribution is 5.73. The maximum absolute atomic E-state index is 13.1. The number of hydrogen-bond acceptors (Lipinski definition) is 2. The average molecular weight is 212 g/mol. The van der Waals surface area contributed by atoms with Crippen molar-refractivity contribution in [3.8, 4) is 5.75 Å². The van der Waals surface area contributed by atoms with Crippen LogP contribution < -0.4 is 4.74 Å². The van der Waals surface area contributed by atoms with Crippen molar-refractivity contribution >= 4 is 5.97 Å². The average Bonchev–Trinajstić information content (AvgIpc) is 2.16. The Kier molecular flexibility index (Phi) is 3.29. The van der Waals surface area contributed by atoms with E-state index in [0.717, 1.165) is 0 Å². The van der Waals surface area contributed by atoms with Crippen LogP contribution in [0, 0.1) is 11.2 Å². The molecule has 15 heavy (non-hydrogen) atoms. The molecule has 0 bridgehead atoms. The summed E-state index contributed by atoms with van der Waals surface area (Å²) in [4.78, 5) is 10.8. The van der Waals surface area contributed by atoms with Gasteiger partial charge in [0, 0.05) is 0 Å². The van der Waals surface area contributed by atoms with Gasteiger partial charge in [0.05, 0.1) is 5.41 Å². The second kappa shape index (κ2) is 4.29. The zero-order chi connectivity index (χ0) is 11.5. The first-order valence-electron chi connectivity index (χ1n) is 4.54. The number of ether oxygens (including phenoxy) is 1. The second-order valence-corrected chi connectivity index (χ2v) is 3.91. The van der Waals surface area contributed by atoms with Gasteiger partial charge in [-0.2, -0.15) is 0 Å². The van der Waals surface area contributed by atoms with Crippen LogP contribution >= 0.6 is 0 Å². The lowest BCUT2D eigenvalue weighted by Crippen LogP contribution is -2.30. The second-order valence-electron chi connectivity index (χ2n) is 3.91. The predicted molar refractivity (Wildman–Crippen MR) is 53.3 cm³/mol. The van der Waals surface area contributed by atoms with Crippen molar-refractivity contribution in [1.29, 1.82) is 0 Å². The van der Waals surface area contributed by atoms with Crippen LogP contribution in [0.1, 0.15) is 13.8 Å². The van der Waals surface area contributed by atoms with Gasteiger partial charge in [0.25, 0.3) is 0 Å². The van der Waals surface area contributed by atoms with Gasteiger partial charge in [0.1, 0.15) is 6.61 Å². The molecular weight excluding hydrogens is 199 g/mol. The van der Waals surface area contributed by atoms with Gasteiger partial charge in [-0.05, 0) is 26.0 Å². The molecule has 0 saturated carbocycles. The lowest BCUT2D eigenvalue weighted by molar-refractivity contribution is -0.148. The Bertz CT molecular complexity index is 361. The number of carboxylic acids is 1. The maximum Gasteiger partial charge on any atom is 0.312 e. The van der Waals surface area contributed by atoms with Crippen LogP contribution in [0.2, 0.25) is 0 Å². The number of carboxylic acid groups (broad SMARTS) is 1. The molecule has 1 rings (SSSR count). The largest absolute Gasteiger partial charge is 0.489 e. The molecule has 0 aliphatic rings. The van der Waals surface area contributed by atoms with E-state index in [0.29, 0.717) is 0 Å². The van der Waals surface area contributed by atoms with E-state index in [2.05, 4.69) is 0 Å². The van der Waals surface area contributed by atoms with E-state index in [4.69, 9.17) is 9.84 Å². The normalized spacial score (nSPS) is 11.1. The summed E-state index contributed by atoms with van der Waals surface area (Å²) in [6.07, 6.45) is 0. The smallest absolute Gasteiger partial charge is 0.312 e. The Morgan fingerprint density at radius 3 is 2.60 bits per heavy atom. The molecule has 0 spiro atoms. The molecule has 0 aromatic heterocycles. The fourth-order valence-electron chi connectivity index (χ4n) is 0.882. The van der Waals surface area contributed by atoms with Crippen molar-refractivity contribution < 1.29 is 19.0 Å². The zero-order valence-electron chi connectivity index (χ0n) is 8.66. The Morgan fingerprint density at radius 1 is 1.47 bits per heavy atom. The minimum Gasteiger partial charge on any atom is -0.489 e. The molecule has 82 valence electrons. The summed E-state index contributed by atoms with van der Waals surface area (Å²) in [7, 11) is 0. The van der Waals surface area contributed by atoms with Gasteiger partial charge in [-0.25, -0.2) is 4.39 Å². The Balaban J connectivity index is 2.66. The number of carbonyl (C=O) groups is 1. The molecule has 0 amide bonds. The Hall–Kier alpha value is -1.58. The van der Waals surface area contributed by atoms with Crippen LogP contribution in [0.4, 0.5) is 4.39 Å². The molecule has 0 saturated heterocycles. The van der Waals surface area contributed by atoms with Gasteiger partial charge < -0.3 is 9.84 Å². The highest BCUT2D eigenvalue weighted by Gasteiger charge is 2.28. The molecule has 4 heteroatoms. The summed E-state index contributed by atoms with van der Waals surface area (Å²) in [5.41, 5.74) is -1.03. The topological polar surface area (TPSA) is 46.5 Å². The number of para-hydroxylation sites is 1. The lowest BCUT2D eigenvalue weighted by atomic mass is 9.95. The molecular formula is C11H13FO3. The molecule has 0 unspecified atom stereocenters. The first-order valence-corrected chi connectivity index (χ1v) is 4.54. The van der Waals surface area contributed by atoms with Crippen LogP contribution in [-0.4, -0.2) is 17.7 Å². The van der Waals surface area contributed by atoms with E-state index in [1.165, 1.54) is 26.0 Å². The molecule has 0 aliphatic heterocycles. The molecule has 0 aliphatic carbocycles. The zero-order valence-corrected chi connectivity index (χ0v) is 8.66. The third-order valence-electron chi connectivity index (χ3n) is 2.00. The van der Waals surface area contributed by atoms with Crippen molar-refractivity contribution in [1.82, 2.24) is 0 Å². The highest BCUT2D eigenvalue weighted by Crippen LogP contribution is 2.20. The van der Waals surface area contributed by atoms with Crippen LogP contribution in [0.5, 0.6) is 5.75 Å². The summed E-state index contributed by atoms with van der Waals surface area (Å²) in [6.45, 7) is 2.98. The summed E-state index contributed by atoms with van der Waals surface area (Å²) in [5.74, 6) is -1.38. The molecule has 0 fully saturated rings. The minimum atomic E-state index is -1.03. The molecule has 0 heterocycles.